The summed E-state index contributed by atoms with van der Waals surface area (Å²) in [6, 6.07) is 0.580. The van der Waals surface area contributed by atoms with Crippen LogP contribution in [-0.2, 0) is 4.74 Å². The molecule has 0 aliphatic carbocycles. The summed E-state index contributed by atoms with van der Waals surface area (Å²) in [4.78, 5) is 4.36. The van der Waals surface area contributed by atoms with E-state index in [0.717, 1.165) is 32.5 Å². The molecule has 2 aliphatic rings. The minimum absolute atomic E-state index is 0.380. The van der Waals surface area contributed by atoms with Crippen molar-refractivity contribution in [2.75, 3.05) is 19.7 Å². The molecule has 1 aromatic heterocycles. The molecule has 3 rings (SSSR count). The third kappa shape index (κ3) is 2.24. The zero-order chi connectivity index (χ0) is 11.7. The molecule has 0 bridgehead atoms. The van der Waals surface area contributed by atoms with Crippen LogP contribution in [0.3, 0.4) is 0 Å². The molecular weight excluding hydrogens is 214 g/mol. The Morgan fingerprint density at radius 2 is 2.41 bits per heavy atom. The Labute approximate surface area is 102 Å². The summed E-state index contributed by atoms with van der Waals surface area (Å²) in [6.45, 7) is 5.29. The number of nitrogens with zero attached hydrogens (tertiary/aromatic N) is 2. The van der Waals surface area contributed by atoms with Gasteiger partial charge in [-0.1, -0.05) is 0 Å². The van der Waals surface area contributed by atoms with Gasteiger partial charge in [0.05, 0.1) is 12.4 Å². The molecule has 4 nitrogen and oxygen atoms in total. The van der Waals surface area contributed by atoms with E-state index in [1.165, 1.54) is 12.1 Å². The van der Waals surface area contributed by atoms with Gasteiger partial charge < -0.3 is 14.6 Å². The van der Waals surface area contributed by atoms with Gasteiger partial charge in [-0.25, -0.2) is 4.98 Å². The van der Waals surface area contributed by atoms with Gasteiger partial charge in [0.2, 0.25) is 0 Å². The molecule has 0 radical (unpaired) electrons. The number of ether oxygens (including phenoxy) is 1. The Morgan fingerprint density at radius 3 is 3.18 bits per heavy atom. The molecule has 3 atom stereocenters. The summed E-state index contributed by atoms with van der Waals surface area (Å²) in [5, 5.41) is 3.43. The highest BCUT2D eigenvalue weighted by Crippen LogP contribution is 2.30. The maximum atomic E-state index is 5.63. The second-order valence-corrected chi connectivity index (χ2v) is 5.28. The third-order valence-corrected chi connectivity index (χ3v) is 4.03. The SMILES string of the molecule is CC1CC(n2cncc2C2CCNC2)CCO1. The Bertz CT molecular complexity index is 370. The fraction of sp³-hybridized carbons (Fsp3) is 0.769. The van der Waals surface area contributed by atoms with Crippen LogP contribution in [0.15, 0.2) is 12.5 Å². The maximum absolute atomic E-state index is 5.63. The lowest BCUT2D eigenvalue weighted by Crippen LogP contribution is -2.26. The first-order valence-corrected chi connectivity index (χ1v) is 6.68. The van der Waals surface area contributed by atoms with Gasteiger partial charge in [-0.3, -0.25) is 0 Å². The first-order valence-electron chi connectivity index (χ1n) is 6.68. The molecule has 0 spiro atoms. The number of nitrogens with one attached hydrogen (secondary N) is 1. The van der Waals surface area contributed by atoms with Crippen LogP contribution in [0, 0.1) is 0 Å². The van der Waals surface area contributed by atoms with Crippen LogP contribution in [-0.4, -0.2) is 35.4 Å². The van der Waals surface area contributed by atoms with Crippen molar-refractivity contribution in [3.8, 4) is 0 Å². The van der Waals surface area contributed by atoms with Gasteiger partial charge in [-0.2, -0.15) is 0 Å². The number of imidazole rings is 1. The average Bonchev–Trinajstić information content (AvgIpc) is 3.00. The van der Waals surface area contributed by atoms with Gasteiger partial charge in [-0.05, 0) is 32.7 Å². The highest BCUT2D eigenvalue weighted by Gasteiger charge is 2.26. The number of aromatic nitrogens is 2. The molecule has 94 valence electrons. The molecule has 0 aromatic carbocycles. The molecule has 1 aromatic rings. The number of hydrogen-bond donors (Lipinski definition) is 1. The number of hydrogen-bond acceptors (Lipinski definition) is 3. The fourth-order valence-electron chi connectivity index (χ4n) is 3.07. The Balaban J connectivity index is 1.79. The van der Waals surface area contributed by atoms with Gasteiger partial charge in [0, 0.05) is 37.0 Å². The van der Waals surface area contributed by atoms with E-state index < -0.39 is 0 Å². The maximum Gasteiger partial charge on any atom is 0.0950 e. The average molecular weight is 235 g/mol. The summed E-state index contributed by atoms with van der Waals surface area (Å²) in [5.41, 5.74) is 1.41. The Morgan fingerprint density at radius 1 is 1.47 bits per heavy atom. The van der Waals surface area contributed by atoms with Crippen molar-refractivity contribution in [3.05, 3.63) is 18.2 Å². The van der Waals surface area contributed by atoms with Crippen molar-refractivity contribution in [3.63, 3.8) is 0 Å². The molecule has 3 heterocycles. The summed E-state index contributed by atoms with van der Waals surface area (Å²) in [5.74, 6) is 0.649. The van der Waals surface area contributed by atoms with E-state index in [1.807, 2.05) is 6.33 Å². The van der Waals surface area contributed by atoms with E-state index in [9.17, 15) is 0 Å². The predicted octanol–water partition coefficient (Wildman–Crippen LogP) is 1.70. The summed E-state index contributed by atoms with van der Waals surface area (Å²) in [6.07, 6.45) is 7.92. The predicted molar refractivity (Wildman–Crippen MR) is 66.1 cm³/mol. The Hall–Kier alpha value is -0.870. The quantitative estimate of drug-likeness (QED) is 0.848. The summed E-state index contributed by atoms with van der Waals surface area (Å²) < 4.78 is 8.02. The first kappa shape index (κ1) is 11.2. The van der Waals surface area contributed by atoms with Crippen LogP contribution in [0.5, 0.6) is 0 Å². The number of rotatable bonds is 2. The molecule has 3 unspecified atom stereocenters. The smallest absolute Gasteiger partial charge is 0.0950 e. The topological polar surface area (TPSA) is 39.1 Å². The minimum atomic E-state index is 0.380. The van der Waals surface area contributed by atoms with E-state index in [4.69, 9.17) is 4.74 Å². The fourth-order valence-corrected chi connectivity index (χ4v) is 3.07. The lowest BCUT2D eigenvalue weighted by molar-refractivity contribution is 0.00531. The second kappa shape index (κ2) is 4.78. The van der Waals surface area contributed by atoms with E-state index in [1.54, 1.807) is 0 Å². The molecule has 17 heavy (non-hydrogen) atoms. The zero-order valence-corrected chi connectivity index (χ0v) is 10.4. The van der Waals surface area contributed by atoms with Crippen molar-refractivity contribution in [2.45, 2.75) is 44.2 Å². The standard InChI is InChI=1S/C13H21N3O/c1-10-6-12(3-5-17-10)16-9-15-8-13(16)11-2-4-14-7-11/h8-12,14H,2-7H2,1H3. The van der Waals surface area contributed by atoms with E-state index >= 15 is 0 Å². The van der Waals surface area contributed by atoms with E-state index in [-0.39, 0.29) is 0 Å². The van der Waals surface area contributed by atoms with Crippen LogP contribution >= 0.6 is 0 Å². The second-order valence-electron chi connectivity index (χ2n) is 5.28. The van der Waals surface area contributed by atoms with Crippen LogP contribution < -0.4 is 5.32 Å². The highest BCUT2D eigenvalue weighted by molar-refractivity contribution is 5.10. The van der Waals surface area contributed by atoms with Crippen molar-refractivity contribution in [1.82, 2.24) is 14.9 Å². The van der Waals surface area contributed by atoms with Crippen molar-refractivity contribution < 1.29 is 4.74 Å². The molecule has 0 saturated carbocycles. The summed E-state index contributed by atoms with van der Waals surface area (Å²) in [7, 11) is 0. The molecule has 1 N–H and O–H groups in total. The highest BCUT2D eigenvalue weighted by atomic mass is 16.5. The van der Waals surface area contributed by atoms with Crippen molar-refractivity contribution in [2.24, 2.45) is 0 Å². The van der Waals surface area contributed by atoms with Gasteiger partial charge in [0.1, 0.15) is 0 Å². The molecule has 4 heteroatoms. The monoisotopic (exact) mass is 235 g/mol. The van der Waals surface area contributed by atoms with Crippen LogP contribution in [0.2, 0.25) is 0 Å². The molecule has 2 aliphatic heterocycles. The van der Waals surface area contributed by atoms with Gasteiger partial charge >= 0.3 is 0 Å². The molecule has 2 saturated heterocycles. The molecule has 2 fully saturated rings. The summed E-state index contributed by atoms with van der Waals surface area (Å²) >= 11 is 0. The van der Waals surface area contributed by atoms with Crippen LogP contribution in [0.4, 0.5) is 0 Å². The largest absolute Gasteiger partial charge is 0.378 e. The van der Waals surface area contributed by atoms with E-state index in [2.05, 4.69) is 28.0 Å². The molecule has 0 amide bonds. The van der Waals surface area contributed by atoms with Crippen molar-refractivity contribution in [1.29, 1.82) is 0 Å². The van der Waals surface area contributed by atoms with Crippen LogP contribution in [0.1, 0.15) is 43.8 Å². The third-order valence-electron chi connectivity index (χ3n) is 4.03. The van der Waals surface area contributed by atoms with Crippen LogP contribution in [0.25, 0.3) is 0 Å². The van der Waals surface area contributed by atoms with Crippen molar-refractivity contribution >= 4 is 0 Å². The Kier molecular flexibility index (Phi) is 3.16. The first-order chi connectivity index (χ1) is 8.34. The van der Waals surface area contributed by atoms with Gasteiger partial charge in [-0.15, -0.1) is 0 Å². The van der Waals surface area contributed by atoms with Gasteiger partial charge in [0.15, 0.2) is 0 Å². The van der Waals surface area contributed by atoms with Gasteiger partial charge in [0.25, 0.3) is 0 Å². The van der Waals surface area contributed by atoms with E-state index in [0.29, 0.717) is 18.1 Å². The zero-order valence-electron chi connectivity index (χ0n) is 10.4. The minimum Gasteiger partial charge on any atom is -0.378 e. The lowest BCUT2D eigenvalue weighted by atomic mass is 10.0. The molecular formula is C13H21N3O. The lowest BCUT2D eigenvalue weighted by Gasteiger charge is -2.30. The normalized spacial score (nSPS) is 34.1.